The van der Waals surface area contributed by atoms with Crippen molar-refractivity contribution < 1.29 is 10.3 Å². The molecule has 0 amide bonds. The number of nitrogens with zero attached hydrogens (tertiary/aromatic N) is 3. The number of hydrogen-bond acceptors (Lipinski definition) is 5. The van der Waals surface area contributed by atoms with Crippen LogP contribution in [0, 0.1) is 0 Å². The van der Waals surface area contributed by atoms with Gasteiger partial charge in [-0.15, -0.1) is 0 Å². The number of pyridine rings is 1. The van der Waals surface area contributed by atoms with Gasteiger partial charge in [-0.1, -0.05) is 53.7 Å². The Kier molecular flexibility index (Phi) is 5.35. The van der Waals surface area contributed by atoms with E-state index in [1.54, 1.807) is 6.07 Å². The van der Waals surface area contributed by atoms with Gasteiger partial charge in [0.05, 0.1) is 6.21 Å². The predicted octanol–water partition coefficient (Wildman–Crippen LogP) is 4.21. The first kappa shape index (κ1) is 18.2. The summed E-state index contributed by atoms with van der Waals surface area (Å²) in [6, 6.07) is 20.7. The van der Waals surface area contributed by atoms with Crippen molar-refractivity contribution in [3.63, 3.8) is 0 Å². The zero-order valence-electron chi connectivity index (χ0n) is 15.6. The molecule has 5 nitrogen and oxygen atoms in total. The van der Waals surface area contributed by atoms with Crippen LogP contribution < -0.4 is 0 Å². The second kappa shape index (κ2) is 8.23. The highest BCUT2D eigenvalue weighted by Gasteiger charge is 2.18. The summed E-state index contributed by atoms with van der Waals surface area (Å²) in [6.45, 7) is 2.81. The molecule has 3 aromatic rings. The Balaban J connectivity index is 1.47. The third kappa shape index (κ3) is 3.89. The average Bonchev–Trinajstić information content (AvgIpc) is 2.87. The first-order chi connectivity index (χ1) is 13.7. The van der Waals surface area contributed by atoms with E-state index in [0.29, 0.717) is 0 Å². The molecular formula is C23H23N3O2. The van der Waals surface area contributed by atoms with Crippen LogP contribution in [0.25, 0.3) is 11.1 Å². The number of aromatic nitrogens is 1. The van der Waals surface area contributed by atoms with E-state index in [4.69, 9.17) is 5.21 Å². The first-order valence-corrected chi connectivity index (χ1v) is 9.49. The number of aryl methyl sites for hydroxylation is 1. The number of oxime groups is 1. The van der Waals surface area contributed by atoms with Crippen molar-refractivity contribution in [3.05, 3.63) is 83.2 Å². The summed E-state index contributed by atoms with van der Waals surface area (Å²) >= 11 is 0. The number of rotatable bonds is 5. The monoisotopic (exact) mass is 373 g/mol. The lowest BCUT2D eigenvalue weighted by molar-refractivity contribution is 0.256. The lowest BCUT2D eigenvalue weighted by atomic mass is 9.97. The zero-order valence-corrected chi connectivity index (χ0v) is 15.6. The molecule has 2 heterocycles. The molecule has 1 aliphatic rings. The molecule has 2 aromatic carbocycles. The third-order valence-electron chi connectivity index (χ3n) is 5.16. The normalized spacial score (nSPS) is 13.9. The van der Waals surface area contributed by atoms with Crippen LogP contribution >= 0.6 is 0 Å². The van der Waals surface area contributed by atoms with E-state index in [9.17, 15) is 5.11 Å². The summed E-state index contributed by atoms with van der Waals surface area (Å²) in [5.74, 6) is 0.0160. The van der Waals surface area contributed by atoms with Crippen molar-refractivity contribution in [2.75, 3.05) is 6.54 Å². The van der Waals surface area contributed by atoms with Gasteiger partial charge in [-0.25, -0.2) is 4.98 Å². The molecule has 142 valence electrons. The van der Waals surface area contributed by atoms with Gasteiger partial charge in [-0.2, -0.15) is 0 Å². The number of benzene rings is 2. The molecule has 0 bridgehead atoms. The van der Waals surface area contributed by atoms with Crippen molar-refractivity contribution in [1.82, 2.24) is 9.88 Å². The maximum atomic E-state index is 9.74. The summed E-state index contributed by atoms with van der Waals surface area (Å²) in [5, 5.41) is 21.4. The smallest absolute Gasteiger partial charge is 0.142 e. The lowest BCUT2D eigenvalue weighted by Gasteiger charge is -2.21. The molecule has 1 aliphatic heterocycles. The standard InChI is InChI=1S/C23H23N3O2/c27-23-12-11-19(25-22(23)14-24-28)8-5-13-26-15-17-6-1-3-9-20(17)21-10-4-2-7-18(21)16-26/h1-4,6-7,9-12,14,27-28H,5,8,13,15-16H2/b24-14+. The summed E-state index contributed by atoms with van der Waals surface area (Å²) < 4.78 is 0. The van der Waals surface area contributed by atoms with Crippen molar-refractivity contribution >= 4 is 6.21 Å². The van der Waals surface area contributed by atoms with Crippen molar-refractivity contribution in [3.8, 4) is 16.9 Å². The van der Waals surface area contributed by atoms with Gasteiger partial charge < -0.3 is 10.3 Å². The van der Waals surface area contributed by atoms with Crippen LogP contribution in [0.3, 0.4) is 0 Å². The molecule has 0 fully saturated rings. The fraction of sp³-hybridized carbons (Fsp3) is 0.217. The van der Waals surface area contributed by atoms with E-state index in [-0.39, 0.29) is 11.4 Å². The SMILES string of the molecule is O/N=C/c1nc(CCCN2Cc3ccccc3-c3ccccc3C2)ccc1O. The summed E-state index contributed by atoms with van der Waals surface area (Å²) in [7, 11) is 0. The fourth-order valence-corrected chi connectivity index (χ4v) is 3.82. The van der Waals surface area contributed by atoms with Crippen molar-refractivity contribution in [2.45, 2.75) is 25.9 Å². The molecule has 5 heteroatoms. The second-order valence-electron chi connectivity index (χ2n) is 7.08. The van der Waals surface area contributed by atoms with Gasteiger partial charge in [0.1, 0.15) is 11.4 Å². The predicted molar refractivity (Wildman–Crippen MR) is 110 cm³/mol. The van der Waals surface area contributed by atoms with E-state index in [0.717, 1.165) is 44.4 Å². The Hall–Kier alpha value is -3.18. The number of fused-ring (bicyclic) bond motifs is 3. The Morgan fingerprint density at radius 3 is 2.21 bits per heavy atom. The first-order valence-electron chi connectivity index (χ1n) is 9.49. The number of aromatic hydroxyl groups is 1. The highest BCUT2D eigenvalue weighted by Crippen LogP contribution is 2.32. The largest absolute Gasteiger partial charge is 0.506 e. The quantitative estimate of drug-likeness (QED) is 0.399. The molecule has 0 atom stereocenters. The van der Waals surface area contributed by atoms with Crippen LogP contribution in [-0.4, -0.2) is 33.0 Å². The lowest BCUT2D eigenvalue weighted by Crippen LogP contribution is -2.23. The summed E-state index contributed by atoms with van der Waals surface area (Å²) in [4.78, 5) is 6.83. The van der Waals surface area contributed by atoms with Crippen molar-refractivity contribution in [1.29, 1.82) is 0 Å². The Bertz CT molecular complexity index is 953. The van der Waals surface area contributed by atoms with Crippen LogP contribution in [0.15, 0.2) is 65.8 Å². The molecule has 0 saturated heterocycles. The minimum absolute atomic E-state index is 0.0160. The average molecular weight is 373 g/mol. The summed E-state index contributed by atoms with van der Waals surface area (Å²) in [5.41, 5.74) is 6.54. The number of hydrogen-bond donors (Lipinski definition) is 2. The fourth-order valence-electron chi connectivity index (χ4n) is 3.82. The van der Waals surface area contributed by atoms with Gasteiger partial charge in [0.25, 0.3) is 0 Å². The van der Waals surface area contributed by atoms with Crippen LogP contribution in [0.1, 0.15) is 28.9 Å². The molecule has 28 heavy (non-hydrogen) atoms. The molecule has 0 unspecified atom stereocenters. The molecule has 1 aromatic heterocycles. The molecule has 0 radical (unpaired) electrons. The van der Waals surface area contributed by atoms with Crippen molar-refractivity contribution in [2.24, 2.45) is 5.16 Å². The molecular weight excluding hydrogens is 350 g/mol. The van der Waals surface area contributed by atoms with E-state index >= 15 is 0 Å². The third-order valence-corrected chi connectivity index (χ3v) is 5.16. The van der Waals surface area contributed by atoms with E-state index in [1.165, 1.54) is 22.3 Å². The van der Waals surface area contributed by atoms with E-state index in [1.807, 2.05) is 6.07 Å². The Morgan fingerprint density at radius 1 is 0.929 bits per heavy atom. The molecule has 2 N–H and O–H groups in total. The van der Waals surface area contributed by atoms with Crippen LogP contribution in [0.2, 0.25) is 0 Å². The maximum absolute atomic E-state index is 9.74. The highest BCUT2D eigenvalue weighted by molar-refractivity contribution is 5.80. The van der Waals surface area contributed by atoms with Crippen LogP contribution in [-0.2, 0) is 19.5 Å². The molecule has 4 rings (SSSR count). The summed E-state index contributed by atoms with van der Waals surface area (Å²) in [6.07, 6.45) is 2.91. The minimum atomic E-state index is 0.0160. The maximum Gasteiger partial charge on any atom is 0.142 e. The van der Waals surface area contributed by atoms with Gasteiger partial charge in [0, 0.05) is 18.8 Å². The highest BCUT2D eigenvalue weighted by atomic mass is 16.4. The van der Waals surface area contributed by atoms with Gasteiger partial charge in [-0.3, -0.25) is 4.90 Å². The molecule has 0 saturated carbocycles. The topological polar surface area (TPSA) is 69.0 Å². The van der Waals surface area contributed by atoms with Gasteiger partial charge in [-0.05, 0) is 53.8 Å². The van der Waals surface area contributed by atoms with Gasteiger partial charge >= 0.3 is 0 Å². The second-order valence-corrected chi connectivity index (χ2v) is 7.08. The van der Waals surface area contributed by atoms with E-state index < -0.39 is 0 Å². The molecule has 0 aliphatic carbocycles. The zero-order chi connectivity index (χ0) is 19.3. The Labute approximate surface area is 164 Å². The minimum Gasteiger partial charge on any atom is -0.506 e. The van der Waals surface area contributed by atoms with Gasteiger partial charge in [0.2, 0.25) is 0 Å². The molecule has 0 spiro atoms. The van der Waals surface area contributed by atoms with E-state index in [2.05, 4.69) is 63.6 Å². The van der Waals surface area contributed by atoms with Crippen LogP contribution in [0.5, 0.6) is 5.75 Å². The Morgan fingerprint density at radius 2 is 1.57 bits per heavy atom. The van der Waals surface area contributed by atoms with Crippen LogP contribution in [0.4, 0.5) is 0 Å². The van der Waals surface area contributed by atoms with Gasteiger partial charge in [0.15, 0.2) is 0 Å².